The van der Waals surface area contributed by atoms with E-state index in [4.69, 9.17) is 0 Å². The molecule has 6 heteroatoms. The molecule has 0 spiro atoms. The molecule has 0 bridgehead atoms. The maximum atomic E-state index is 13.1. The summed E-state index contributed by atoms with van der Waals surface area (Å²) in [5.41, 5.74) is 1.57. The highest BCUT2D eigenvalue weighted by atomic mass is 16.2. The van der Waals surface area contributed by atoms with Crippen LogP contribution in [0.25, 0.3) is 0 Å². The standard InChI is InChI=1S/C21H34N4O2/c1-4-24(5-2)21(27)19-12-17(14-25(19)13-16-8-6-7-9-16)23-20(26)18-10-11-22-15(18)3/h10-11,16-17,19,22H,4-9,12-14H2,1-3H3,(H,23,26)/t17-,19-/m0/s1. The van der Waals surface area contributed by atoms with E-state index in [-0.39, 0.29) is 23.9 Å². The van der Waals surface area contributed by atoms with E-state index in [1.807, 2.05) is 31.7 Å². The Labute approximate surface area is 162 Å². The number of likely N-dealkylation sites (tertiary alicyclic amines) is 1. The molecule has 2 heterocycles. The van der Waals surface area contributed by atoms with E-state index in [1.54, 1.807) is 6.20 Å². The Morgan fingerprint density at radius 2 is 1.96 bits per heavy atom. The number of aryl methyl sites for hydroxylation is 1. The Morgan fingerprint density at radius 3 is 2.56 bits per heavy atom. The number of carbonyl (C=O) groups is 2. The molecule has 0 aromatic carbocycles. The van der Waals surface area contributed by atoms with E-state index in [9.17, 15) is 9.59 Å². The van der Waals surface area contributed by atoms with Crippen LogP contribution in [-0.4, -0.2) is 64.9 Å². The topological polar surface area (TPSA) is 68.4 Å². The molecule has 6 nitrogen and oxygen atoms in total. The van der Waals surface area contributed by atoms with Gasteiger partial charge in [-0.1, -0.05) is 12.8 Å². The molecule has 0 radical (unpaired) electrons. The quantitative estimate of drug-likeness (QED) is 0.771. The molecule has 1 aliphatic carbocycles. The number of H-pyrrole nitrogens is 1. The fourth-order valence-corrected chi connectivity index (χ4v) is 4.70. The average molecular weight is 375 g/mol. The molecule has 1 saturated heterocycles. The van der Waals surface area contributed by atoms with Crippen molar-refractivity contribution < 1.29 is 9.59 Å². The smallest absolute Gasteiger partial charge is 0.253 e. The number of aromatic amines is 1. The van der Waals surface area contributed by atoms with Crippen molar-refractivity contribution in [3.05, 3.63) is 23.5 Å². The molecular formula is C21H34N4O2. The zero-order chi connectivity index (χ0) is 19.4. The summed E-state index contributed by atoms with van der Waals surface area (Å²) in [7, 11) is 0. The third-order valence-electron chi connectivity index (χ3n) is 6.26. The average Bonchev–Trinajstić information content (AvgIpc) is 3.38. The molecule has 2 fully saturated rings. The summed E-state index contributed by atoms with van der Waals surface area (Å²) < 4.78 is 0. The first-order chi connectivity index (χ1) is 13.0. The minimum Gasteiger partial charge on any atom is -0.365 e. The van der Waals surface area contributed by atoms with Crippen LogP contribution >= 0.6 is 0 Å². The first kappa shape index (κ1) is 19.9. The van der Waals surface area contributed by atoms with Crippen molar-refractivity contribution >= 4 is 11.8 Å². The van der Waals surface area contributed by atoms with E-state index >= 15 is 0 Å². The summed E-state index contributed by atoms with van der Waals surface area (Å²) in [4.78, 5) is 33.0. The number of likely N-dealkylation sites (N-methyl/N-ethyl adjacent to an activating group) is 1. The first-order valence-corrected chi connectivity index (χ1v) is 10.5. The molecular weight excluding hydrogens is 340 g/mol. The van der Waals surface area contributed by atoms with Gasteiger partial charge in [-0.2, -0.15) is 0 Å². The predicted octanol–water partition coefficient (Wildman–Crippen LogP) is 2.55. The van der Waals surface area contributed by atoms with Gasteiger partial charge in [0.2, 0.25) is 5.91 Å². The Hall–Kier alpha value is -1.82. The number of carbonyl (C=O) groups excluding carboxylic acids is 2. The van der Waals surface area contributed by atoms with Gasteiger partial charge in [-0.15, -0.1) is 0 Å². The summed E-state index contributed by atoms with van der Waals surface area (Å²) in [6, 6.07) is 1.73. The van der Waals surface area contributed by atoms with Crippen molar-refractivity contribution in [3.63, 3.8) is 0 Å². The summed E-state index contributed by atoms with van der Waals surface area (Å²) in [6.45, 7) is 9.20. The molecule has 1 aliphatic heterocycles. The lowest BCUT2D eigenvalue weighted by Gasteiger charge is -2.30. The number of hydrogen-bond donors (Lipinski definition) is 2. The lowest BCUT2D eigenvalue weighted by molar-refractivity contribution is -0.135. The van der Waals surface area contributed by atoms with Crippen molar-refractivity contribution in [2.45, 2.75) is 65.0 Å². The molecule has 0 unspecified atom stereocenters. The number of amides is 2. The number of hydrogen-bond acceptors (Lipinski definition) is 3. The van der Waals surface area contributed by atoms with Gasteiger partial charge in [-0.05, 0) is 52.0 Å². The van der Waals surface area contributed by atoms with Gasteiger partial charge in [0.25, 0.3) is 5.91 Å². The van der Waals surface area contributed by atoms with Crippen LogP contribution in [0.2, 0.25) is 0 Å². The zero-order valence-electron chi connectivity index (χ0n) is 17.0. The molecule has 1 aromatic rings. The van der Waals surface area contributed by atoms with E-state index in [0.717, 1.165) is 31.9 Å². The summed E-state index contributed by atoms with van der Waals surface area (Å²) in [5.74, 6) is 0.862. The number of aromatic nitrogens is 1. The van der Waals surface area contributed by atoms with Crippen LogP contribution in [0.3, 0.4) is 0 Å². The molecule has 150 valence electrons. The van der Waals surface area contributed by atoms with Crippen LogP contribution in [-0.2, 0) is 4.79 Å². The van der Waals surface area contributed by atoms with Gasteiger partial charge in [0.15, 0.2) is 0 Å². The molecule has 2 N–H and O–H groups in total. The van der Waals surface area contributed by atoms with Gasteiger partial charge in [-0.25, -0.2) is 0 Å². The number of nitrogens with zero attached hydrogens (tertiary/aromatic N) is 2. The number of nitrogens with one attached hydrogen (secondary N) is 2. The van der Waals surface area contributed by atoms with Crippen LogP contribution in [0.1, 0.15) is 62.0 Å². The monoisotopic (exact) mass is 374 g/mol. The van der Waals surface area contributed by atoms with Gasteiger partial charge in [0.1, 0.15) is 0 Å². The molecule has 1 saturated carbocycles. The van der Waals surface area contributed by atoms with Gasteiger partial charge < -0.3 is 15.2 Å². The van der Waals surface area contributed by atoms with E-state index in [1.165, 1.54) is 25.7 Å². The minimum absolute atomic E-state index is 0.0257. The van der Waals surface area contributed by atoms with E-state index < -0.39 is 0 Å². The molecule has 1 aromatic heterocycles. The van der Waals surface area contributed by atoms with Gasteiger partial charge in [-0.3, -0.25) is 14.5 Å². The largest absolute Gasteiger partial charge is 0.365 e. The Balaban J connectivity index is 1.68. The van der Waals surface area contributed by atoms with Crippen LogP contribution in [0.15, 0.2) is 12.3 Å². The second-order valence-electron chi connectivity index (χ2n) is 8.05. The lowest BCUT2D eigenvalue weighted by Crippen LogP contribution is -2.46. The molecule has 2 amide bonds. The molecule has 3 rings (SSSR count). The lowest BCUT2D eigenvalue weighted by atomic mass is 10.1. The minimum atomic E-state index is -0.108. The summed E-state index contributed by atoms with van der Waals surface area (Å²) >= 11 is 0. The Morgan fingerprint density at radius 1 is 1.26 bits per heavy atom. The first-order valence-electron chi connectivity index (χ1n) is 10.5. The maximum Gasteiger partial charge on any atom is 0.253 e. The molecule has 2 atom stereocenters. The second kappa shape index (κ2) is 8.91. The van der Waals surface area contributed by atoms with Crippen molar-refractivity contribution in [2.24, 2.45) is 5.92 Å². The summed E-state index contributed by atoms with van der Waals surface area (Å²) in [5, 5.41) is 3.17. The van der Waals surface area contributed by atoms with E-state index in [2.05, 4.69) is 15.2 Å². The van der Waals surface area contributed by atoms with Crippen LogP contribution < -0.4 is 5.32 Å². The molecule has 27 heavy (non-hydrogen) atoms. The van der Waals surface area contributed by atoms with Crippen molar-refractivity contribution in [2.75, 3.05) is 26.2 Å². The highest BCUT2D eigenvalue weighted by molar-refractivity contribution is 5.95. The van der Waals surface area contributed by atoms with E-state index in [0.29, 0.717) is 17.9 Å². The van der Waals surface area contributed by atoms with Crippen LogP contribution in [0.4, 0.5) is 0 Å². The second-order valence-corrected chi connectivity index (χ2v) is 8.05. The normalized spacial score (nSPS) is 23.7. The van der Waals surface area contributed by atoms with Crippen LogP contribution in [0, 0.1) is 12.8 Å². The van der Waals surface area contributed by atoms with Gasteiger partial charge in [0, 0.05) is 44.1 Å². The zero-order valence-corrected chi connectivity index (χ0v) is 17.0. The Bertz CT molecular complexity index is 646. The number of rotatable bonds is 7. The maximum absolute atomic E-state index is 13.1. The fraction of sp³-hybridized carbons (Fsp3) is 0.714. The van der Waals surface area contributed by atoms with Gasteiger partial charge in [0.05, 0.1) is 11.6 Å². The third kappa shape index (κ3) is 4.54. The van der Waals surface area contributed by atoms with Gasteiger partial charge >= 0.3 is 0 Å². The summed E-state index contributed by atoms with van der Waals surface area (Å²) in [6.07, 6.45) is 7.64. The molecule has 2 aliphatic rings. The van der Waals surface area contributed by atoms with Crippen molar-refractivity contribution in [1.29, 1.82) is 0 Å². The van der Waals surface area contributed by atoms with Crippen molar-refractivity contribution in [1.82, 2.24) is 20.1 Å². The van der Waals surface area contributed by atoms with Crippen LogP contribution in [0.5, 0.6) is 0 Å². The third-order valence-corrected chi connectivity index (χ3v) is 6.26. The fourth-order valence-electron chi connectivity index (χ4n) is 4.70. The highest BCUT2D eigenvalue weighted by Crippen LogP contribution is 2.29. The predicted molar refractivity (Wildman–Crippen MR) is 107 cm³/mol. The van der Waals surface area contributed by atoms with Crippen molar-refractivity contribution in [3.8, 4) is 0 Å². The SMILES string of the molecule is CCN(CC)C(=O)[C@@H]1C[C@H](NC(=O)c2cc[nH]c2C)CN1CC1CCCC1. The Kier molecular flexibility index (Phi) is 6.58. The highest BCUT2D eigenvalue weighted by Gasteiger charge is 2.40.